The van der Waals surface area contributed by atoms with Gasteiger partial charge in [-0.25, -0.2) is 0 Å². The molecule has 0 saturated heterocycles. The zero-order valence-electron chi connectivity index (χ0n) is 10.8. The van der Waals surface area contributed by atoms with Gasteiger partial charge >= 0.3 is 0 Å². The van der Waals surface area contributed by atoms with E-state index in [1.807, 2.05) is 13.8 Å². The van der Waals surface area contributed by atoms with Crippen LogP contribution in [0.5, 0.6) is 0 Å². The maximum Gasteiger partial charge on any atom is 0.271 e. The molecule has 0 saturated carbocycles. The Labute approximate surface area is 116 Å². The lowest BCUT2D eigenvalue weighted by molar-refractivity contribution is -0.384. The Kier molecular flexibility index (Phi) is 5.11. The molecule has 1 rings (SSSR count). The van der Waals surface area contributed by atoms with Crippen molar-refractivity contribution in [2.24, 2.45) is 0 Å². The first-order valence-electron chi connectivity index (χ1n) is 5.91. The molecular formula is C12H16ClN3O3. The van der Waals surface area contributed by atoms with Gasteiger partial charge in [0.1, 0.15) is 0 Å². The summed E-state index contributed by atoms with van der Waals surface area (Å²) in [5.41, 5.74) is 5.51. The van der Waals surface area contributed by atoms with E-state index in [4.69, 9.17) is 17.3 Å². The summed E-state index contributed by atoms with van der Waals surface area (Å²) in [7, 11) is 0. The van der Waals surface area contributed by atoms with Gasteiger partial charge in [-0.05, 0) is 13.3 Å². The molecule has 0 fully saturated rings. The van der Waals surface area contributed by atoms with Crippen molar-refractivity contribution >= 4 is 28.9 Å². The van der Waals surface area contributed by atoms with Crippen molar-refractivity contribution in [2.75, 3.05) is 5.73 Å². The number of nitrogens with one attached hydrogen (secondary N) is 1. The van der Waals surface area contributed by atoms with Crippen molar-refractivity contribution in [3.05, 3.63) is 32.8 Å². The van der Waals surface area contributed by atoms with Crippen molar-refractivity contribution < 1.29 is 9.72 Å². The van der Waals surface area contributed by atoms with Crippen LogP contribution in [0.2, 0.25) is 5.02 Å². The van der Waals surface area contributed by atoms with Crippen molar-refractivity contribution in [2.45, 2.75) is 32.7 Å². The van der Waals surface area contributed by atoms with Crippen LogP contribution >= 0.6 is 11.6 Å². The Morgan fingerprint density at radius 1 is 1.58 bits per heavy atom. The molecule has 0 aliphatic heterocycles. The number of non-ortho nitro benzene ring substituents is 1. The summed E-state index contributed by atoms with van der Waals surface area (Å²) < 4.78 is 0. The molecule has 1 unspecified atom stereocenters. The fourth-order valence-corrected chi connectivity index (χ4v) is 1.92. The fraction of sp³-hybridized carbons (Fsp3) is 0.417. The number of carbonyl (C=O) groups excluding carboxylic acids is 1. The van der Waals surface area contributed by atoms with Gasteiger partial charge in [-0.2, -0.15) is 0 Å². The largest absolute Gasteiger partial charge is 0.397 e. The van der Waals surface area contributed by atoms with Gasteiger partial charge in [0.05, 0.1) is 21.2 Å². The number of halogens is 1. The van der Waals surface area contributed by atoms with Gasteiger partial charge in [-0.1, -0.05) is 24.9 Å². The highest BCUT2D eigenvalue weighted by Gasteiger charge is 2.19. The molecule has 1 aromatic carbocycles. The number of nitrogens with zero attached hydrogens (tertiary/aromatic N) is 1. The van der Waals surface area contributed by atoms with E-state index in [1.165, 1.54) is 0 Å². The lowest BCUT2D eigenvalue weighted by Crippen LogP contribution is -2.32. The maximum absolute atomic E-state index is 12.0. The Morgan fingerprint density at radius 3 is 2.74 bits per heavy atom. The smallest absolute Gasteiger partial charge is 0.271 e. The lowest BCUT2D eigenvalue weighted by Gasteiger charge is -2.14. The van der Waals surface area contributed by atoms with E-state index in [0.29, 0.717) is 0 Å². The molecule has 0 heterocycles. The SMILES string of the molecule is CCCC(C)NC(=O)c1cc([N+](=O)[O-])cc(Cl)c1N. The molecule has 0 bridgehead atoms. The lowest BCUT2D eigenvalue weighted by atomic mass is 10.1. The minimum absolute atomic E-state index is 0.00231. The van der Waals surface area contributed by atoms with Crippen LogP contribution in [-0.4, -0.2) is 16.9 Å². The van der Waals surface area contributed by atoms with Crippen LogP contribution in [0.1, 0.15) is 37.0 Å². The second-order valence-corrected chi connectivity index (χ2v) is 4.72. The topological polar surface area (TPSA) is 98.3 Å². The average molecular weight is 286 g/mol. The van der Waals surface area contributed by atoms with Crippen molar-refractivity contribution in [3.63, 3.8) is 0 Å². The van der Waals surface area contributed by atoms with Crippen LogP contribution in [0.3, 0.4) is 0 Å². The molecule has 0 radical (unpaired) electrons. The highest BCUT2D eigenvalue weighted by molar-refractivity contribution is 6.34. The fourth-order valence-electron chi connectivity index (χ4n) is 1.70. The number of benzene rings is 1. The molecule has 7 heteroatoms. The molecule has 0 aliphatic carbocycles. The first kappa shape index (κ1) is 15.2. The molecule has 6 nitrogen and oxygen atoms in total. The third-order valence-electron chi connectivity index (χ3n) is 2.67. The summed E-state index contributed by atoms with van der Waals surface area (Å²) in [5.74, 6) is -0.455. The highest BCUT2D eigenvalue weighted by Crippen LogP contribution is 2.28. The Balaban J connectivity index is 3.05. The van der Waals surface area contributed by atoms with Crippen LogP contribution < -0.4 is 11.1 Å². The number of rotatable bonds is 5. The zero-order chi connectivity index (χ0) is 14.6. The van der Waals surface area contributed by atoms with Crippen LogP contribution in [0.25, 0.3) is 0 Å². The average Bonchev–Trinajstić information content (AvgIpc) is 2.32. The standard InChI is InChI=1S/C12H16ClN3O3/c1-3-4-7(2)15-12(17)9-5-8(16(18)19)6-10(13)11(9)14/h5-7H,3-4,14H2,1-2H3,(H,15,17). The molecular weight excluding hydrogens is 270 g/mol. The van der Waals surface area contributed by atoms with Crippen molar-refractivity contribution in [3.8, 4) is 0 Å². The number of hydrogen-bond donors (Lipinski definition) is 2. The summed E-state index contributed by atoms with van der Waals surface area (Å²) in [5, 5.41) is 13.5. The van der Waals surface area contributed by atoms with Crippen LogP contribution in [0.4, 0.5) is 11.4 Å². The molecule has 1 aromatic rings. The van der Waals surface area contributed by atoms with E-state index in [2.05, 4.69) is 5.32 Å². The van der Waals surface area contributed by atoms with Crippen molar-refractivity contribution in [1.29, 1.82) is 0 Å². The molecule has 1 atom stereocenters. The van der Waals surface area contributed by atoms with Gasteiger partial charge in [-0.3, -0.25) is 14.9 Å². The van der Waals surface area contributed by atoms with Gasteiger partial charge in [0, 0.05) is 18.2 Å². The summed E-state index contributed by atoms with van der Waals surface area (Å²) >= 11 is 5.80. The first-order valence-corrected chi connectivity index (χ1v) is 6.28. The van der Waals surface area contributed by atoms with E-state index >= 15 is 0 Å². The van der Waals surface area contributed by atoms with Gasteiger partial charge in [-0.15, -0.1) is 0 Å². The number of nitro groups is 1. The molecule has 0 aromatic heterocycles. The Bertz CT molecular complexity index is 505. The van der Waals surface area contributed by atoms with E-state index in [1.54, 1.807) is 0 Å². The third kappa shape index (κ3) is 3.82. The highest BCUT2D eigenvalue weighted by atomic mass is 35.5. The quantitative estimate of drug-likeness (QED) is 0.494. The molecule has 0 aliphatic rings. The second kappa shape index (κ2) is 6.38. The summed E-state index contributed by atoms with van der Waals surface area (Å²) in [4.78, 5) is 22.1. The van der Waals surface area contributed by atoms with Gasteiger partial charge in [0.25, 0.3) is 11.6 Å². The number of carbonyl (C=O) groups is 1. The molecule has 104 valence electrons. The van der Waals surface area contributed by atoms with Crippen LogP contribution in [0, 0.1) is 10.1 Å². The predicted molar refractivity (Wildman–Crippen MR) is 74.4 cm³/mol. The van der Waals surface area contributed by atoms with E-state index in [0.717, 1.165) is 25.0 Å². The maximum atomic E-state index is 12.0. The second-order valence-electron chi connectivity index (χ2n) is 4.31. The number of hydrogen-bond acceptors (Lipinski definition) is 4. The van der Waals surface area contributed by atoms with Gasteiger partial charge in [0.2, 0.25) is 0 Å². The molecule has 0 spiro atoms. The summed E-state index contributed by atoms with van der Waals surface area (Å²) in [6, 6.07) is 2.23. The number of nitrogens with two attached hydrogens (primary N) is 1. The first-order chi connectivity index (χ1) is 8.86. The van der Waals surface area contributed by atoms with Gasteiger partial charge < -0.3 is 11.1 Å². The monoisotopic (exact) mass is 285 g/mol. The summed E-state index contributed by atoms with van der Waals surface area (Å²) in [6.45, 7) is 3.86. The number of amides is 1. The normalized spacial score (nSPS) is 11.9. The predicted octanol–water partition coefficient (Wildman–Crippen LogP) is 2.75. The minimum Gasteiger partial charge on any atom is -0.397 e. The zero-order valence-corrected chi connectivity index (χ0v) is 11.5. The Morgan fingerprint density at radius 2 is 2.21 bits per heavy atom. The van der Waals surface area contributed by atoms with Crippen LogP contribution in [-0.2, 0) is 0 Å². The number of nitro benzene ring substituents is 1. The van der Waals surface area contributed by atoms with Crippen molar-refractivity contribution in [1.82, 2.24) is 5.32 Å². The number of anilines is 1. The van der Waals surface area contributed by atoms with E-state index in [-0.39, 0.29) is 28.0 Å². The van der Waals surface area contributed by atoms with E-state index in [9.17, 15) is 14.9 Å². The van der Waals surface area contributed by atoms with Crippen LogP contribution in [0.15, 0.2) is 12.1 Å². The third-order valence-corrected chi connectivity index (χ3v) is 2.98. The minimum atomic E-state index is -0.614. The molecule has 3 N–H and O–H groups in total. The Hall–Kier alpha value is -1.82. The summed E-state index contributed by atoms with van der Waals surface area (Å²) in [6.07, 6.45) is 1.74. The van der Waals surface area contributed by atoms with Gasteiger partial charge in [0.15, 0.2) is 0 Å². The number of nitrogen functional groups attached to an aromatic ring is 1. The molecule has 1 amide bonds. The van der Waals surface area contributed by atoms with E-state index < -0.39 is 10.8 Å². The molecule has 19 heavy (non-hydrogen) atoms.